The van der Waals surface area contributed by atoms with Crippen molar-refractivity contribution in [2.24, 2.45) is 0 Å². The van der Waals surface area contributed by atoms with Crippen LogP contribution in [0.1, 0.15) is 0 Å². The molecule has 0 bridgehead atoms. The zero-order valence-corrected chi connectivity index (χ0v) is 5.88. The van der Waals surface area contributed by atoms with Crippen LogP contribution in [0.3, 0.4) is 0 Å². The van der Waals surface area contributed by atoms with Crippen LogP contribution in [0.15, 0.2) is 43.0 Å². The van der Waals surface area contributed by atoms with E-state index in [4.69, 9.17) is 0 Å². The second-order valence-electron chi connectivity index (χ2n) is 2.18. The maximum Gasteiger partial charge on any atom is 0.138 e. The molecule has 0 saturated heterocycles. The highest BCUT2D eigenvalue weighted by molar-refractivity contribution is 5.28. The molecule has 2 aromatic rings. The molecule has 3 nitrogen and oxygen atoms in total. The number of rotatable bonds is 1. The normalized spacial score (nSPS) is 9.82. The molecule has 0 atom stereocenters. The van der Waals surface area contributed by atoms with Gasteiger partial charge in [-0.3, -0.25) is 0 Å². The third-order valence-corrected chi connectivity index (χ3v) is 1.44. The van der Waals surface area contributed by atoms with Gasteiger partial charge in [0.2, 0.25) is 0 Å². The maximum absolute atomic E-state index is 3.99. The van der Waals surface area contributed by atoms with Crippen molar-refractivity contribution in [2.75, 3.05) is 0 Å². The Hall–Kier alpha value is -1.64. The van der Waals surface area contributed by atoms with E-state index >= 15 is 0 Å². The van der Waals surface area contributed by atoms with Crippen LogP contribution in [0.4, 0.5) is 0 Å². The van der Waals surface area contributed by atoms with E-state index in [1.54, 1.807) is 11.0 Å². The Bertz CT molecular complexity index is 312. The van der Waals surface area contributed by atoms with Crippen molar-refractivity contribution in [1.82, 2.24) is 14.8 Å². The summed E-state index contributed by atoms with van der Waals surface area (Å²) >= 11 is 0. The van der Waals surface area contributed by atoms with Gasteiger partial charge in [-0.1, -0.05) is 18.2 Å². The first kappa shape index (κ1) is 6.09. The molecule has 1 aromatic heterocycles. The van der Waals surface area contributed by atoms with Gasteiger partial charge in [0.1, 0.15) is 12.7 Å². The van der Waals surface area contributed by atoms with Crippen LogP contribution in [0.5, 0.6) is 0 Å². The minimum Gasteiger partial charge on any atom is -0.223 e. The molecule has 11 heavy (non-hydrogen) atoms. The number of nitrogens with zero attached hydrogens (tertiary/aromatic N) is 3. The number of aromatic nitrogens is 3. The van der Waals surface area contributed by atoms with Crippen LogP contribution in [0.25, 0.3) is 5.69 Å². The average Bonchev–Trinajstić information content (AvgIpc) is 2.58. The van der Waals surface area contributed by atoms with Crippen molar-refractivity contribution in [3.63, 3.8) is 0 Å². The molecule has 0 fully saturated rings. The second-order valence-corrected chi connectivity index (χ2v) is 2.18. The Morgan fingerprint density at radius 2 is 1.91 bits per heavy atom. The van der Waals surface area contributed by atoms with Crippen LogP contribution >= 0.6 is 0 Å². The summed E-state index contributed by atoms with van der Waals surface area (Å²) in [5, 5.41) is 3.99. The fourth-order valence-corrected chi connectivity index (χ4v) is 0.922. The van der Waals surface area contributed by atoms with Gasteiger partial charge in [-0.15, -0.1) is 0 Å². The lowest BCUT2D eigenvalue weighted by Crippen LogP contribution is -1.92. The van der Waals surface area contributed by atoms with Crippen molar-refractivity contribution in [1.29, 1.82) is 0 Å². The molecule has 0 radical (unpaired) electrons. The Labute approximate surface area is 64.3 Å². The van der Waals surface area contributed by atoms with E-state index in [2.05, 4.69) is 10.1 Å². The van der Waals surface area contributed by atoms with Gasteiger partial charge < -0.3 is 0 Å². The first-order chi connectivity index (χ1) is 5.47. The summed E-state index contributed by atoms with van der Waals surface area (Å²) in [5.74, 6) is 0. The smallest absolute Gasteiger partial charge is 0.138 e. The predicted molar refractivity (Wildman–Crippen MR) is 41.4 cm³/mol. The Kier molecular flexibility index (Phi) is 1.41. The van der Waals surface area contributed by atoms with Gasteiger partial charge >= 0.3 is 0 Å². The van der Waals surface area contributed by atoms with Gasteiger partial charge in [0.25, 0.3) is 0 Å². The van der Waals surface area contributed by atoms with Gasteiger partial charge in [-0.2, -0.15) is 5.10 Å². The Balaban J connectivity index is 2.46. The molecule has 0 saturated carbocycles. The van der Waals surface area contributed by atoms with E-state index in [9.17, 15) is 0 Å². The highest BCUT2D eigenvalue weighted by Gasteiger charge is 1.91. The summed E-state index contributed by atoms with van der Waals surface area (Å²) in [6, 6.07) is 9.87. The molecular formula is C8H7N3. The molecule has 0 unspecified atom stereocenters. The molecule has 0 N–H and O–H groups in total. The van der Waals surface area contributed by atoms with E-state index in [0.717, 1.165) is 5.69 Å². The number of hydrogen-bond donors (Lipinski definition) is 0. The molecule has 1 heterocycles. The zero-order chi connectivity index (χ0) is 7.52. The third kappa shape index (κ3) is 1.12. The highest BCUT2D eigenvalue weighted by Crippen LogP contribution is 2.02. The zero-order valence-electron chi connectivity index (χ0n) is 5.88. The maximum atomic E-state index is 3.99. The van der Waals surface area contributed by atoms with E-state index in [0.29, 0.717) is 0 Å². The van der Waals surface area contributed by atoms with Crippen LogP contribution in [0.2, 0.25) is 0 Å². The van der Waals surface area contributed by atoms with Crippen molar-refractivity contribution in [2.45, 2.75) is 0 Å². The molecular weight excluding hydrogens is 138 g/mol. The van der Waals surface area contributed by atoms with Crippen molar-refractivity contribution >= 4 is 0 Å². The highest BCUT2D eigenvalue weighted by atomic mass is 15.3. The summed E-state index contributed by atoms with van der Waals surface area (Å²) in [4.78, 5) is 3.85. The first-order valence-corrected chi connectivity index (χ1v) is 3.37. The number of benzene rings is 1. The van der Waals surface area contributed by atoms with Gasteiger partial charge in [0.05, 0.1) is 5.69 Å². The van der Waals surface area contributed by atoms with E-state index in [1.807, 2.05) is 30.3 Å². The average molecular weight is 145 g/mol. The number of para-hydroxylation sites is 1. The van der Waals surface area contributed by atoms with Crippen LogP contribution in [0, 0.1) is 0 Å². The fourth-order valence-electron chi connectivity index (χ4n) is 0.922. The summed E-state index contributed by atoms with van der Waals surface area (Å²) in [6.07, 6.45) is 3.20. The molecule has 0 aliphatic carbocycles. The molecule has 0 amide bonds. The number of hydrogen-bond acceptors (Lipinski definition) is 2. The summed E-state index contributed by atoms with van der Waals surface area (Å²) < 4.78 is 1.72. The summed E-state index contributed by atoms with van der Waals surface area (Å²) in [6.45, 7) is 0. The van der Waals surface area contributed by atoms with Crippen LogP contribution in [-0.2, 0) is 0 Å². The van der Waals surface area contributed by atoms with Gasteiger partial charge in [0.15, 0.2) is 0 Å². The lowest BCUT2D eigenvalue weighted by atomic mass is 10.3. The summed E-state index contributed by atoms with van der Waals surface area (Å²) in [5.41, 5.74) is 1.03. The van der Waals surface area contributed by atoms with Gasteiger partial charge in [0, 0.05) is 0 Å². The molecule has 0 aliphatic rings. The van der Waals surface area contributed by atoms with Crippen LogP contribution < -0.4 is 0 Å². The molecule has 54 valence electrons. The predicted octanol–water partition coefficient (Wildman–Crippen LogP) is 1.27. The van der Waals surface area contributed by atoms with E-state index in [-0.39, 0.29) is 0 Å². The molecule has 2 rings (SSSR count). The quantitative estimate of drug-likeness (QED) is 0.605. The summed E-state index contributed by atoms with van der Waals surface area (Å²) in [7, 11) is 0. The molecule has 0 aliphatic heterocycles. The lowest BCUT2D eigenvalue weighted by Gasteiger charge is -1.96. The lowest BCUT2D eigenvalue weighted by molar-refractivity contribution is 0.879. The van der Waals surface area contributed by atoms with Crippen molar-refractivity contribution in [3.05, 3.63) is 43.0 Å². The SMILES string of the molecule is c1ccc(-n2cncn2)cc1. The van der Waals surface area contributed by atoms with Gasteiger partial charge in [-0.25, -0.2) is 9.67 Å². The minimum absolute atomic E-state index is 1.03. The topological polar surface area (TPSA) is 30.7 Å². The van der Waals surface area contributed by atoms with Crippen molar-refractivity contribution in [3.8, 4) is 5.69 Å². The van der Waals surface area contributed by atoms with E-state index < -0.39 is 0 Å². The fraction of sp³-hybridized carbons (Fsp3) is 0. The Morgan fingerprint density at radius 1 is 1.09 bits per heavy atom. The monoisotopic (exact) mass is 145 g/mol. The standard InChI is InChI=1S/C8H7N3/c1-2-4-8(5-3-1)11-7-9-6-10-11/h1-7H. The first-order valence-electron chi connectivity index (χ1n) is 3.37. The second kappa shape index (κ2) is 2.54. The molecule has 0 spiro atoms. The largest absolute Gasteiger partial charge is 0.223 e. The minimum atomic E-state index is 1.03. The molecule has 3 heteroatoms. The van der Waals surface area contributed by atoms with Crippen molar-refractivity contribution < 1.29 is 0 Å². The Morgan fingerprint density at radius 3 is 2.55 bits per heavy atom. The molecule has 1 aromatic carbocycles. The van der Waals surface area contributed by atoms with E-state index in [1.165, 1.54) is 6.33 Å². The third-order valence-electron chi connectivity index (χ3n) is 1.44. The van der Waals surface area contributed by atoms with Gasteiger partial charge in [-0.05, 0) is 12.1 Å². The van der Waals surface area contributed by atoms with Crippen LogP contribution in [-0.4, -0.2) is 14.8 Å².